The summed E-state index contributed by atoms with van der Waals surface area (Å²) in [4.78, 5) is 11.8. The van der Waals surface area contributed by atoms with E-state index in [0.29, 0.717) is 18.7 Å². The molecule has 1 aliphatic heterocycles. The minimum Gasteiger partial charge on any atom is -0.368 e. The monoisotopic (exact) mass is 285 g/mol. The molecule has 1 aromatic carbocycles. The highest BCUT2D eigenvalue weighted by atomic mass is 32.2. The molecule has 7 nitrogen and oxygen atoms in total. The van der Waals surface area contributed by atoms with Crippen molar-refractivity contribution in [2.75, 3.05) is 16.6 Å². The Morgan fingerprint density at radius 3 is 2.74 bits per heavy atom. The van der Waals surface area contributed by atoms with E-state index in [2.05, 4.69) is 10.0 Å². The van der Waals surface area contributed by atoms with Crippen LogP contribution >= 0.6 is 0 Å². The van der Waals surface area contributed by atoms with E-state index in [9.17, 15) is 13.2 Å². The van der Waals surface area contributed by atoms with Crippen LogP contribution in [0.25, 0.3) is 0 Å². The van der Waals surface area contributed by atoms with Gasteiger partial charge in [-0.3, -0.25) is 9.52 Å². The Bertz CT molecular complexity index is 567. The third-order valence-electron chi connectivity index (χ3n) is 2.61. The summed E-state index contributed by atoms with van der Waals surface area (Å²) in [7, 11) is -3.83. The van der Waals surface area contributed by atoms with E-state index in [-0.39, 0.29) is 11.6 Å². The molecule has 19 heavy (non-hydrogen) atoms. The summed E-state index contributed by atoms with van der Waals surface area (Å²) in [6.45, 7) is 0.588. The standard InChI is InChI=1S/C11H15N3O4S/c12-19(16,17)14-9-4-1-3-8(7-9)13-11(15)10-5-2-6-18-10/h1,3-4,7,10,14H,2,5-6H2,(H,13,15)(H2,12,16,17). The molecule has 0 bridgehead atoms. The van der Waals surface area contributed by atoms with Gasteiger partial charge in [-0.25, -0.2) is 5.14 Å². The fraction of sp³-hybridized carbons (Fsp3) is 0.364. The van der Waals surface area contributed by atoms with Gasteiger partial charge in [-0.05, 0) is 31.0 Å². The van der Waals surface area contributed by atoms with Crippen molar-refractivity contribution in [2.45, 2.75) is 18.9 Å². The van der Waals surface area contributed by atoms with Crippen molar-refractivity contribution in [3.05, 3.63) is 24.3 Å². The maximum absolute atomic E-state index is 11.8. The number of ether oxygens (including phenoxy) is 1. The zero-order chi connectivity index (χ0) is 13.9. The maximum atomic E-state index is 11.8. The Kier molecular flexibility index (Phi) is 4.03. The molecule has 1 amide bonds. The number of carbonyl (C=O) groups is 1. The number of benzene rings is 1. The molecule has 1 heterocycles. The lowest BCUT2D eigenvalue weighted by Gasteiger charge is -2.11. The van der Waals surface area contributed by atoms with Gasteiger partial charge in [0.1, 0.15) is 6.10 Å². The van der Waals surface area contributed by atoms with Crippen LogP contribution in [0.5, 0.6) is 0 Å². The molecule has 1 aliphatic rings. The van der Waals surface area contributed by atoms with Gasteiger partial charge >= 0.3 is 0 Å². The minimum atomic E-state index is -3.83. The van der Waals surface area contributed by atoms with Crippen molar-refractivity contribution in [3.8, 4) is 0 Å². The predicted octanol–water partition coefficient (Wildman–Crippen LogP) is 0.419. The number of carbonyl (C=O) groups excluding carboxylic acids is 1. The van der Waals surface area contributed by atoms with Gasteiger partial charge in [0.05, 0.1) is 5.69 Å². The highest BCUT2D eigenvalue weighted by molar-refractivity contribution is 7.90. The van der Waals surface area contributed by atoms with E-state index >= 15 is 0 Å². The van der Waals surface area contributed by atoms with Crippen LogP contribution in [0.2, 0.25) is 0 Å². The van der Waals surface area contributed by atoms with Crippen LogP contribution < -0.4 is 15.2 Å². The van der Waals surface area contributed by atoms with Gasteiger partial charge in [-0.15, -0.1) is 0 Å². The molecule has 0 saturated carbocycles. The summed E-state index contributed by atoms with van der Waals surface area (Å²) in [6.07, 6.45) is 1.13. The number of hydrogen-bond donors (Lipinski definition) is 3. The van der Waals surface area contributed by atoms with Crippen LogP contribution in [-0.2, 0) is 19.7 Å². The Morgan fingerprint density at radius 2 is 2.11 bits per heavy atom. The summed E-state index contributed by atoms with van der Waals surface area (Å²) < 4.78 is 29.2. The first-order chi connectivity index (χ1) is 8.94. The Morgan fingerprint density at radius 1 is 1.37 bits per heavy atom. The molecule has 1 fully saturated rings. The number of nitrogens with two attached hydrogens (primary N) is 1. The second-order valence-corrected chi connectivity index (χ2v) is 5.51. The number of nitrogens with one attached hydrogen (secondary N) is 2. The Balaban J connectivity index is 2.04. The third kappa shape index (κ3) is 4.19. The summed E-state index contributed by atoms with van der Waals surface area (Å²) in [5.74, 6) is -0.231. The van der Waals surface area contributed by atoms with Crippen molar-refractivity contribution < 1.29 is 17.9 Å². The Hall–Kier alpha value is -1.64. The topological polar surface area (TPSA) is 111 Å². The zero-order valence-electron chi connectivity index (χ0n) is 10.1. The average Bonchev–Trinajstić information content (AvgIpc) is 2.80. The zero-order valence-corrected chi connectivity index (χ0v) is 10.9. The van der Waals surface area contributed by atoms with Crippen LogP contribution in [0.3, 0.4) is 0 Å². The fourth-order valence-electron chi connectivity index (χ4n) is 1.83. The molecule has 0 aromatic heterocycles. The van der Waals surface area contributed by atoms with Crippen LogP contribution in [0, 0.1) is 0 Å². The SMILES string of the molecule is NS(=O)(=O)Nc1cccc(NC(=O)C2CCCO2)c1. The fourth-order valence-corrected chi connectivity index (χ4v) is 2.29. The predicted molar refractivity (Wildman–Crippen MR) is 70.8 cm³/mol. The van der Waals surface area contributed by atoms with Gasteiger partial charge in [0.15, 0.2) is 0 Å². The molecule has 1 atom stereocenters. The van der Waals surface area contributed by atoms with E-state index < -0.39 is 16.3 Å². The summed E-state index contributed by atoms with van der Waals surface area (Å²) >= 11 is 0. The smallest absolute Gasteiger partial charge is 0.296 e. The normalized spacial score (nSPS) is 19.1. The van der Waals surface area contributed by atoms with Crippen molar-refractivity contribution >= 4 is 27.5 Å². The molecule has 1 saturated heterocycles. The highest BCUT2D eigenvalue weighted by Crippen LogP contribution is 2.18. The van der Waals surface area contributed by atoms with Crippen molar-refractivity contribution in [2.24, 2.45) is 5.14 Å². The number of hydrogen-bond acceptors (Lipinski definition) is 4. The number of anilines is 2. The summed E-state index contributed by atoms with van der Waals surface area (Å²) in [6, 6.07) is 6.28. The molecule has 8 heteroatoms. The first kappa shape index (κ1) is 13.8. The molecule has 1 unspecified atom stereocenters. The molecule has 0 aliphatic carbocycles. The second-order valence-electron chi connectivity index (χ2n) is 4.22. The lowest BCUT2D eigenvalue weighted by Crippen LogP contribution is -2.27. The van der Waals surface area contributed by atoms with E-state index in [1.807, 2.05) is 0 Å². The Labute approximate surface area is 111 Å². The van der Waals surface area contributed by atoms with Gasteiger partial charge in [0.25, 0.3) is 16.1 Å². The average molecular weight is 285 g/mol. The number of amides is 1. The van der Waals surface area contributed by atoms with Crippen LogP contribution in [0.1, 0.15) is 12.8 Å². The lowest BCUT2D eigenvalue weighted by atomic mass is 10.2. The van der Waals surface area contributed by atoms with E-state index in [4.69, 9.17) is 9.88 Å². The maximum Gasteiger partial charge on any atom is 0.296 e. The van der Waals surface area contributed by atoms with Crippen molar-refractivity contribution in [3.63, 3.8) is 0 Å². The van der Waals surface area contributed by atoms with Gasteiger partial charge < -0.3 is 10.1 Å². The summed E-state index contributed by atoms with van der Waals surface area (Å²) in [5.41, 5.74) is 0.766. The quantitative estimate of drug-likeness (QED) is 0.744. The largest absolute Gasteiger partial charge is 0.368 e. The minimum absolute atomic E-state index is 0.231. The van der Waals surface area contributed by atoms with Gasteiger partial charge in [0.2, 0.25) is 0 Å². The van der Waals surface area contributed by atoms with E-state index in [0.717, 1.165) is 6.42 Å². The van der Waals surface area contributed by atoms with Crippen LogP contribution in [0.4, 0.5) is 11.4 Å². The van der Waals surface area contributed by atoms with Crippen LogP contribution in [0.15, 0.2) is 24.3 Å². The van der Waals surface area contributed by atoms with Gasteiger partial charge in [-0.2, -0.15) is 8.42 Å². The van der Waals surface area contributed by atoms with Crippen molar-refractivity contribution in [1.82, 2.24) is 0 Å². The summed E-state index contributed by atoms with van der Waals surface area (Å²) in [5, 5.41) is 7.54. The molecular weight excluding hydrogens is 270 g/mol. The first-order valence-electron chi connectivity index (χ1n) is 5.77. The lowest BCUT2D eigenvalue weighted by molar-refractivity contribution is -0.124. The molecule has 2 rings (SSSR count). The molecule has 1 aromatic rings. The van der Waals surface area contributed by atoms with Gasteiger partial charge in [-0.1, -0.05) is 6.07 Å². The second kappa shape index (κ2) is 5.55. The number of rotatable bonds is 4. The van der Waals surface area contributed by atoms with Gasteiger partial charge in [0, 0.05) is 12.3 Å². The molecule has 0 radical (unpaired) electrons. The van der Waals surface area contributed by atoms with Crippen LogP contribution in [-0.4, -0.2) is 27.0 Å². The first-order valence-corrected chi connectivity index (χ1v) is 7.32. The molecule has 4 N–H and O–H groups in total. The van der Waals surface area contributed by atoms with Crippen molar-refractivity contribution in [1.29, 1.82) is 0 Å². The molecule has 104 valence electrons. The molecule has 0 spiro atoms. The highest BCUT2D eigenvalue weighted by Gasteiger charge is 2.23. The van der Waals surface area contributed by atoms with E-state index in [1.54, 1.807) is 12.1 Å². The van der Waals surface area contributed by atoms with E-state index in [1.165, 1.54) is 12.1 Å². The molecular formula is C11H15N3O4S. The third-order valence-corrected chi connectivity index (χ3v) is 3.13.